The van der Waals surface area contributed by atoms with Gasteiger partial charge in [-0.3, -0.25) is 0 Å². The van der Waals surface area contributed by atoms with Gasteiger partial charge in [-0.15, -0.1) is 0 Å². The molecule has 5 aromatic carbocycles. The summed E-state index contributed by atoms with van der Waals surface area (Å²) in [5.74, 6) is -1.82. The molecule has 0 amide bonds. The number of aryl methyl sites for hydroxylation is 8. The number of halogens is 5. The average molecular weight is 637 g/mol. The number of rotatable bonds is 0. The van der Waals surface area contributed by atoms with Gasteiger partial charge in [0.2, 0.25) is 0 Å². The van der Waals surface area contributed by atoms with Gasteiger partial charge in [0.25, 0.3) is 0 Å². The molecule has 0 unspecified atom stereocenters. The molecule has 0 saturated carbocycles. The van der Waals surface area contributed by atoms with Gasteiger partial charge in [0.05, 0.1) is 0 Å². The summed E-state index contributed by atoms with van der Waals surface area (Å²) >= 11 is 5.81. The van der Waals surface area contributed by atoms with E-state index in [1.165, 1.54) is 52.6 Å². The molecule has 5 aromatic rings. The van der Waals surface area contributed by atoms with Crippen molar-refractivity contribution in [2.75, 3.05) is 0 Å². The Hall–Kier alpha value is -3.89. The maximum atomic E-state index is 12.6. The second-order valence-electron chi connectivity index (χ2n) is 11.0. The van der Waals surface area contributed by atoms with Crippen LogP contribution >= 0.6 is 11.6 Å². The van der Waals surface area contributed by atoms with Crippen LogP contribution in [0.3, 0.4) is 0 Å². The van der Waals surface area contributed by atoms with Crippen LogP contribution in [0, 0.1) is 92.5 Å². The lowest BCUT2D eigenvalue weighted by atomic mass is 10.1. The highest BCUT2D eigenvalue weighted by Gasteiger charge is 2.02. The Morgan fingerprint density at radius 1 is 0.356 bits per heavy atom. The van der Waals surface area contributed by atoms with Gasteiger partial charge < -0.3 is 0 Å². The van der Waals surface area contributed by atoms with Crippen molar-refractivity contribution in [3.8, 4) is 0 Å². The predicted molar refractivity (Wildman–Crippen MR) is 184 cm³/mol. The third-order valence-corrected chi connectivity index (χ3v) is 7.92. The van der Waals surface area contributed by atoms with E-state index in [2.05, 4.69) is 51.1 Å². The fraction of sp³-hybridized carbons (Fsp3) is 0.250. The fourth-order valence-corrected chi connectivity index (χ4v) is 3.77. The molecule has 0 fully saturated rings. The number of hydrogen-bond acceptors (Lipinski definition) is 0. The van der Waals surface area contributed by atoms with Gasteiger partial charge in [-0.05, 0) is 161 Å². The second kappa shape index (κ2) is 19.5. The molecule has 0 aliphatic rings. The predicted octanol–water partition coefficient (Wildman–Crippen LogP) is 12.7. The maximum Gasteiger partial charge on any atom is 0.159 e. The van der Waals surface area contributed by atoms with Crippen LogP contribution in [0.5, 0.6) is 0 Å². The zero-order chi connectivity index (χ0) is 34.3. The van der Waals surface area contributed by atoms with Crippen molar-refractivity contribution in [3.05, 3.63) is 175 Å². The third-order valence-electron chi connectivity index (χ3n) is 7.51. The normalized spacial score (nSPS) is 9.67. The molecule has 0 spiro atoms. The highest BCUT2D eigenvalue weighted by atomic mass is 35.5. The standard InChI is InChI=1S/C8H9Cl.C8H8F2.2C8H9F.C8H10/c1-6-4-3-5-8(9)7(6)2;1-5-3-7(9)8(10)4-6(5)2;1-6-3-4-8(9)5-7(6)2;1-6-4-3-5-8(9)7(6)2;1-7-5-3-4-6-8(7)2/h3-5H,1-2H3;3-4H,1-2H3;2*3-5H,1-2H3;3-6H,1-2H3. The molecule has 0 N–H and O–H groups in total. The minimum absolute atomic E-state index is 0.116. The first-order valence-corrected chi connectivity index (χ1v) is 15.0. The van der Waals surface area contributed by atoms with Crippen LogP contribution in [-0.4, -0.2) is 0 Å². The molecule has 0 heterocycles. The maximum absolute atomic E-state index is 12.6. The molecule has 45 heavy (non-hydrogen) atoms. The highest BCUT2D eigenvalue weighted by Crippen LogP contribution is 2.17. The van der Waals surface area contributed by atoms with Crippen molar-refractivity contribution in [2.24, 2.45) is 0 Å². The van der Waals surface area contributed by atoms with E-state index in [0.717, 1.165) is 38.4 Å². The Kier molecular flexibility index (Phi) is 16.9. The van der Waals surface area contributed by atoms with E-state index in [1.54, 1.807) is 32.9 Å². The van der Waals surface area contributed by atoms with Crippen molar-refractivity contribution in [1.82, 2.24) is 0 Å². The Balaban J connectivity index is 0.000000282. The van der Waals surface area contributed by atoms with Crippen LogP contribution in [0.25, 0.3) is 0 Å². The van der Waals surface area contributed by atoms with Crippen molar-refractivity contribution in [1.29, 1.82) is 0 Å². The summed E-state index contributed by atoms with van der Waals surface area (Å²) < 4.78 is 49.7. The summed E-state index contributed by atoms with van der Waals surface area (Å²) in [6.07, 6.45) is 0. The van der Waals surface area contributed by atoms with Gasteiger partial charge in [-0.1, -0.05) is 66.2 Å². The molecule has 0 nitrogen and oxygen atoms in total. The molecule has 0 atom stereocenters. The summed E-state index contributed by atoms with van der Waals surface area (Å²) in [6, 6.07) is 26.6. The van der Waals surface area contributed by atoms with E-state index >= 15 is 0 Å². The molecular formula is C40H45ClF4. The number of benzene rings is 5. The zero-order valence-corrected chi connectivity index (χ0v) is 28.8. The quantitative estimate of drug-likeness (QED) is 0.148. The SMILES string of the molecule is Cc1cc(F)c(F)cc1C.Cc1ccc(F)cc1C.Cc1cccc(Cl)c1C.Cc1cccc(F)c1C.Cc1ccccc1C. The van der Waals surface area contributed by atoms with E-state index in [9.17, 15) is 17.6 Å². The van der Waals surface area contributed by atoms with Crippen molar-refractivity contribution in [3.63, 3.8) is 0 Å². The minimum atomic E-state index is -0.775. The van der Waals surface area contributed by atoms with Gasteiger partial charge in [0.15, 0.2) is 11.6 Å². The summed E-state index contributed by atoms with van der Waals surface area (Å²) in [5.41, 5.74) is 10.6. The fourth-order valence-electron chi connectivity index (χ4n) is 3.54. The smallest absolute Gasteiger partial charge is 0.159 e. The first kappa shape index (κ1) is 39.1. The van der Waals surface area contributed by atoms with Crippen LogP contribution in [0.15, 0.2) is 91.0 Å². The topological polar surface area (TPSA) is 0 Å². The Bertz CT molecular complexity index is 1500. The van der Waals surface area contributed by atoms with Crippen LogP contribution < -0.4 is 0 Å². The molecule has 240 valence electrons. The highest BCUT2D eigenvalue weighted by molar-refractivity contribution is 6.31. The van der Waals surface area contributed by atoms with E-state index in [4.69, 9.17) is 11.6 Å². The zero-order valence-electron chi connectivity index (χ0n) is 28.1. The van der Waals surface area contributed by atoms with E-state index in [0.29, 0.717) is 0 Å². The van der Waals surface area contributed by atoms with Gasteiger partial charge in [0, 0.05) is 5.02 Å². The molecule has 0 saturated heterocycles. The van der Waals surface area contributed by atoms with Gasteiger partial charge in [-0.25, -0.2) is 17.6 Å². The lowest BCUT2D eigenvalue weighted by Crippen LogP contribution is -1.88. The molecule has 0 aromatic heterocycles. The number of hydrogen-bond donors (Lipinski definition) is 0. The largest absolute Gasteiger partial charge is 0.207 e. The van der Waals surface area contributed by atoms with Crippen molar-refractivity contribution < 1.29 is 17.6 Å². The van der Waals surface area contributed by atoms with E-state index in [1.807, 2.05) is 45.9 Å². The van der Waals surface area contributed by atoms with Gasteiger partial charge in [0.1, 0.15) is 11.6 Å². The molecule has 0 bridgehead atoms. The first-order chi connectivity index (χ1) is 21.0. The van der Waals surface area contributed by atoms with Crippen LogP contribution in [0.1, 0.15) is 55.6 Å². The monoisotopic (exact) mass is 636 g/mol. The summed E-state index contributed by atoms with van der Waals surface area (Å²) in [6.45, 7) is 19.4. The Labute approximate surface area is 272 Å². The molecule has 5 heteroatoms. The minimum Gasteiger partial charge on any atom is -0.207 e. The second-order valence-corrected chi connectivity index (χ2v) is 11.4. The first-order valence-electron chi connectivity index (χ1n) is 14.7. The summed E-state index contributed by atoms with van der Waals surface area (Å²) in [5, 5.41) is 0.856. The molecular weight excluding hydrogens is 592 g/mol. The lowest BCUT2D eigenvalue weighted by molar-refractivity contribution is 0.507. The van der Waals surface area contributed by atoms with Gasteiger partial charge in [-0.2, -0.15) is 0 Å². The molecule has 0 aliphatic heterocycles. The molecule has 0 aliphatic carbocycles. The van der Waals surface area contributed by atoms with Crippen LogP contribution in [0.4, 0.5) is 17.6 Å². The summed E-state index contributed by atoms with van der Waals surface area (Å²) in [7, 11) is 0. The van der Waals surface area contributed by atoms with Gasteiger partial charge >= 0.3 is 0 Å². The lowest BCUT2D eigenvalue weighted by Gasteiger charge is -1.98. The third kappa shape index (κ3) is 14.2. The Morgan fingerprint density at radius 3 is 1.11 bits per heavy atom. The molecule has 5 rings (SSSR count). The van der Waals surface area contributed by atoms with Crippen molar-refractivity contribution in [2.45, 2.75) is 69.2 Å². The van der Waals surface area contributed by atoms with Crippen LogP contribution in [-0.2, 0) is 0 Å². The van der Waals surface area contributed by atoms with E-state index < -0.39 is 11.6 Å². The molecule has 0 radical (unpaired) electrons. The van der Waals surface area contributed by atoms with Crippen LogP contribution in [0.2, 0.25) is 5.02 Å². The van der Waals surface area contributed by atoms with E-state index in [-0.39, 0.29) is 11.6 Å². The summed E-state index contributed by atoms with van der Waals surface area (Å²) in [4.78, 5) is 0. The van der Waals surface area contributed by atoms with Crippen molar-refractivity contribution >= 4 is 11.6 Å². The Morgan fingerprint density at radius 2 is 0.756 bits per heavy atom. The average Bonchev–Trinajstić information content (AvgIpc) is 2.98.